The standard InChI is InChI=1S/C11H21N3OS/c1-8-10(16-7-13-8)9(14-12)5-6-11(2,3)15-4/h7,9,14H,5-6,12H2,1-4H3. The van der Waals surface area contributed by atoms with E-state index in [9.17, 15) is 0 Å². The zero-order valence-corrected chi connectivity index (χ0v) is 11.2. The van der Waals surface area contributed by atoms with Crippen molar-refractivity contribution in [3.05, 3.63) is 16.1 Å². The van der Waals surface area contributed by atoms with Crippen molar-refractivity contribution in [3.63, 3.8) is 0 Å². The van der Waals surface area contributed by atoms with Crippen LogP contribution >= 0.6 is 11.3 Å². The van der Waals surface area contributed by atoms with Crippen LogP contribution in [0.5, 0.6) is 0 Å². The van der Waals surface area contributed by atoms with Crippen LogP contribution in [0.3, 0.4) is 0 Å². The highest BCUT2D eigenvalue weighted by molar-refractivity contribution is 7.09. The second-order valence-corrected chi connectivity index (χ2v) is 5.41. The molecule has 92 valence electrons. The van der Waals surface area contributed by atoms with Crippen LogP contribution in [-0.4, -0.2) is 17.7 Å². The maximum atomic E-state index is 5.59. The SMILES string of the molecule is COC(C)(C)CCC(NN)c1scnc1C. The van der Waals surface area contributed by atoms with Crippen molar-refractivity contribution >= 4 is 11.3 Å². The Morgan fingerprint density at radius 2 is 2.31 bits per heavy atom. The van der Waals surface area contributed by atoms with E-state index < -0.39 is 0 Å². The van der Waals surface area contributed by atoms with E-state index in [-0.39, 0.29) is 11.6 Å². The molecular weight excluding hydrogens is 222 g/mol. The van der Waals surface area contributed by atoms with E-state index in [1.54, 1.807) is 18.4 Å². The lowest BCUT2D eigenvalue weighted by Gasteiger charge is -2.25. The molecule has 1 aromatic heterocycles. The normalized spacial score (nSPS) is 14.1. The first-order valence-corrected chi connectivity index (χ1v) is 6.29. The van der Waals surface area contributed by atoms with Crippen LogP contribution in [-0.2, 0) is 4.74 Å². The Balaban J connectivity index is 2.60. The molecule has 1 heterocycles. The van der Waals surface area contributed by atoms with Crippen LogP contribution in [0.2, 0.25) is 0 Å². The van der Waals surface area contributed by atoms with Crippen molar-refractivity contribution in [2.45, 2.75) is 45.3 Å². The number of hydrogen-bond acceptors (Lipinski definition) is 5. The van der Waals surface area contributed by atoms with Gasteiger partial charge in [0.15, 0.2) is 0 Å². The average molecular weight is 243 g/mol. The largest absolute Gasteiger partial charge is 0.379 e. The van der Waals surface area contributed by atoms with E-state index in [2.05, 4.69) is 24.3 Å². The van der Waals surface area contributed by atoms with Crippen molar-refractivity contribution in [1.82, 2.24) is 10.4 Å². The van der Waals surface area contributed by atoms with Gasteiger partial charge in [-0.25, -0.2) is 4.98 Å². The summed E-state index contributed by atoms with van der Waals surface area (Å²) in [5.41, 5.74) is 5.67. The average Bonchev–Trinajstić information content (AvgIpc) is 2.66. The zero-order valence-electron chi connectivity index (χ0n) is 10.4. The molecule has 1 aromatic rings. The maximum absolute atomic E-state index is 5.59. The highest BCUT2D eigenvalue weighted by Gasteiger charge is 2.21. The van der Waals surface area contributed by atoms with E-state index in [0.29, 0.717) is 0 Å². The Bertz CT molecular complexity index is 325. The summed E-state index contributed by atoms with van der Waals surface area (Å²) in [4.78, 5) is 5.46. The quantitative estimate of drug-likeness (QED) is 0.594. The summed E-state index contributed by atoms with van der Waals surface area (Å²) in [6.45, 7) is 6.18. The maximum Gasteiger partial charge on any atom is 0.0798 e. The molecule has 0 radical (unpaired) electrons. The number of ether oxygens (including phenoxy) is 1. The fourth-order valence-electron chi connectivity index (χ4n) is 1.53. The second kappa shape index (κ2) is 5.72. The zero-order chi connectivity index (χ0) is 12.2. The Kier molecular flexibility index (Phi) is 4.86. The molecule has 0 saturated heterocycles. The van der Waals surface area contributed by atoms with E-state index in [4.69, 9.17) is 10.6 Å². The van der Waals surface area contributed by atoms with Gasteiger partial charge in [0, 0.05) is 12.0 Å². The van der Waals surface area contributed by atoms with Gasteiger partial charge in [0.2, 0.25) is 0 Å². The number of nitrogens with zero attached hydrogens (tertiary/aromatic N) is 1. The van der Waals surface area contributed by atoms with E-state index in [1.807, 2.05) is 12.4 Å². The third-order valence-corrected chi connectivity index (χ3v) is 3.93. The molecular formula is C11H21N3OS. The molecule has 16 heavy (non-hydrogen) atoms. The molecule has 0 aliphatic carbocycles. The van der Waals surface area contributed by atoms with Gasteiger partial charge < -0.3 is 4.74 Å². The molecule has 0 fully saturated rings. The fourth-order valence-corrected chi connectivity index (χ4v) is 2.43. The lowest BCUT2D eigenvalue weighted by molar-refractivity contribution is 0.0117. The molecule has 0 amide bonds. The fraction of sp³-hybridized carbons (Fsp3) is 0.727. The summed E-state index contributed by atoms with van der Waals surface area (Å²) in [6, 6.07) is 0.168. The van der Waals surface area contributed by atoms with Crippen LogP contribution in [0, 0.1) is 6.92 Å². The monoisotopic (exact) mass is 243 g/mol. The number of aromatic nitrogens is 1. The smallest absolute Gasteiger partial charge is 0.0798 e. The lowest BCUT2D eigenvalue weighted by Crippen LogP contribution is -2.31. The molecule has 1 rings (SSSR count). The van der Waals surface area contributed by atoms with Gasteiger partial charge in [-0.15, -0.1) is 11.3 Å². The number of nitrogens with two attached hydrogens (primary N) is 1. The number of thiazole rings is 1. The van der Waals surface area contributed by atoms with Crippen LogP contribution in [0.4, 0.5) is 0 Å². The molecule has 3 N–H and O–H groups in total. The van der Waals surface area contributed by atoms with Gasteiger partial charge in [-0.3, -0.25) is 11.3 Å². The van der Waals surface area contributed by atoms with Gasteiger partial charge in [-0.05, 0) is 33.6 Å². The second-order valence-electron chi connectivity index (χ2n) is 4.52. The minimum atomic E-state index is -0.103. The summed E-state index contributed by atoms with van der Waals surface area (Å²) < 4.78 is 5.40. The summed E-state index contributed by atoms with van der Waals surface area (Å²) >= 11 is 1.65. The van der Waals surface area contributed by atoms with Crippen molar-refractivity contribution < 1.29 is 4.74 Å². The molecule has 0 spiro atoms. The highest BCUT2D eigenvalue weighted by atomic mass is 32.1. The first-order valence-electron chi connectivity index (χ1n) is 5.41. The number of hydrazine groups is 1. The van der Waals surface area contributed by atoms with Crippen LogP contribution in [0.1, 0.15) is 43.3 Å². The van der Waals surface area contributed by atoms with Crippen LogP contribution in [0.15, 0.2) is 5.51 Å². The molecule has 5 heteroatoms. The molecule has 0 saturated carbocycles. The van der Waals surface area contributed by atoms with Gasteiger partial charge >= 0.3 is 0 Å². The Hall–Kier alpha value is -0.490. The minimum absolute atomic E-state index is 0.103. The number of rotatable bonds is 6. The van der Waals surface area contributed by atoms with E-state index in [1.165, 1.54) is 4.88 Å². The lowest BCUT2D eigenvalue weighted by atomic mass is 9.98. The number of aryl methyl sites for hydroxylation is 1. The highest BCUT2D eigenvalue weighted by Crippen LogP contribution is 2.28. The third kappa shape index (κ3) is 3.52. The number of methoxy groups -OCH3 is 1. The van der Waals surface area contributed by atoms with Gasteiger partial charge in [0.05, 0.1) is 22.8 Å². The molecule has 1 atom stereocenters. The van der Waals surface area contributed by atoms with Crippen molar-refractivity contribution in [1.29, 1.82) is 0 Å². The van der Waals surface area contributed by atoms with E-state index >= 15 is 0 Å². The number of nitrogens with one attached hydrogen (secondary N) is 1. The van der Waals surface area contributed by atoms with Gasteiger partial charge in [-0.2, -0.15) is 0 Å². The molecule has 0 aromatic carbocycles. The molecule has 0 bridgehead atoms. The number of hydrogen-bond donors (Lipinski definition) is 2. The first-order chi connectivity index (χ1) is 7.50. The predicted molar refractivity (Wildman–Crippen MR) is 67.2 cm³/mol. The summed E-state index contributed by atoms with van der Waals surface area (Å²) in [7, 11) is 1.74. The summed E-state index contributed by atoms with van der Waals surface area (Å²) in [5.74, 6) is 5.59. The minimum Gasteiger partial charge on any atom is -0.379 e. The summed E-state index contributed by atoms with van der Waals surface area (Å²) in [6.07, 6.45) is 1.90. The predicted octanol–water partition coefficient (Wildman–Crippen LogP) is 2.16. The molecule has 0 aliphatic rings. The van der Waals surface area contributed by atoms with Gasteiger partial charge in [-0.1, -0.05) is 0 Å². The topological polar surface area (TPSA) is 60.2 Å². The molecule has 1 unspecified atom stereocenters. The Morgan fingerprint density at radius 1 is 1.62 bits per heavy atom. The van der Waals surface area contributed by atoms with Crippen LogP contribution < -0.4 is 11.3 Å². The summed E-state index contributed by atoms with van der Waals surface area (Å²) in [5, 5.41) is 0. The van der Waals surface area contributed by atoms with Crippen LogP contribution in [0.25, 0.3) is 0 Å². The van der Waals surface area contributed by atoms with Crippen molar-refractivity contribution in [3.8, 4) is 0 Å². The third-order valence-electron chi connectivity index (χ3n) is 2.89. The molecule has 0 aliphatic heterocycles. The first kappa shape index (κ1) is 13.6. The van der Waals surface area contributed by atoms with Crippen molar-refractivity contribution in [2.24, 2.45) is 5.84 Å². The van der Waals surface area contributed by atoms with Crippen molar-refractivity contribution in [2.75, 3.05) is 7.11 Å². The Morgan fingerprint density at radius 3 is 2.75 bits per heavy atom. The van der Waals surface area contributed by atoms with Gasteiger partial charge in [0.1, 0.15) is 0 Å². The Labute approximate surface area is 101 Å². The molecule has 4 nitrogen and oxygen atoms in total. The van der Waals surface area contributed by atoms with E-state index in [0.717, 1.165) is 18.5 Å². The van der Waals surface area contributed by atoms with Gasteiger partial charge in [0.25, 0.3) is 0 Å².